The fourth-order valence-electron chi connectivity index (χ4n) is 2.68. The van der Waals surface area contributed by atoms with Crippen LogP contribution in [-0.4, -0.2) is 26.7 Å². The zero-order valence-electron chi connectivity index (χ0n) is 11.7. The number of hydrogen-bond donors (Lipinski definition) is 1. The van der Waals surface area contributed by atoms with Crippen LogP contribution in [0.15, 0.2) is 6.20 Å². The van der Waals surface area contributed by atoms with Gasteiger partial charge in [0, 0.05) is 13.1 Å². The molecule has 1 aromatic heterocycles. The Morgan fingerprint density at radius 1 is 1.35 bits per heavy atom. The summed E-state index contributed by atoms with van der Waals surface area (Å²) >= 11 is 0. The van der Waals surface area contributed by atoms with Crippen LogP contribution in [0.4, 0.5) is 5.69 Å². The summed E-state index contributed by atoms with van der Waals surface area (Å²) in [5.74, 6) is -0.401. The van der Waals surface area contributed by atoms with Gasteiger partial charge >= 0.3 is 5.69 Å². The molecule has 0 unspecified atom stereocenters. The monoisotopic (exact) mass is 280 g/mol. The molecule has 7 nitrogen and oxygen atoms in total. The van der Waals surface area contributed by atoms with Crippen molar-refractivity contribution in [1.82, 2.24) is 15.1 Å². The van der Waals surface area contributed by atoms with Gasteiger partial charge in [-0.25, -0.2) is 0 Å². The minimum atomic E-state index is -0.569. The summed E-state index contributed by atoms with van der Waals surface area (Å²) in [7, 11) is 1.54. The molecule has 0 radical (unpaired) electrons. The average molecular weight is 280 g/mol. The van der Waals surface area contributed by atoms with E-state index in [-0.39, 0.29) is 17.4 Å². The fourth-order valence-corrected chi connectivity index (χ4v) is 2.68. The SMILES string of the molecule is Cn1ncc([N+](=O)[O-])c1C(=O)NC1CCCCCCC1. The van der Waals surface area contributed by atoms with Gasteiger partial charge in [0.15, 0.2) is 0 Å². The highest BCUT2D eigenvalue weighted by Crippen LogP contribution is 2.20. The lowest BCUT2D eigenvalue weighted by Crippen LogP contribution is -2.36. The predicted octanol–water partition coefficient (Wildman–Crippen LogP) is 2.17. The number of aromatic nitrogens is 2. The first-order valence-electron chi connectivity index (χ1n) is 7.07. The Kier molecular flexibility index (Phi) is 4.70. The highest BCUT2D eigenvalue weighted by Gasteiger charge is 2.27. The number of nitrogens with one attached hydrogen (secondary N) is 1. The average Bonchev–Trinajstić information content (AvgIpc) is 2.74. The van der Waals surface area contributed by atoms with Gasteiger partial charge in [-0.15, -0.1) is 0 Å². The summed E-state index contributed by atoms with van der Waals surface area (Å²) in [6.45, 7) is 0. The van der Waals surface area contributed by atoms with Crippen molar-refractivity contribution in [2.24, 2.45) is 7.05 Å². The van der Waals surface area contributed by atoms with E-state index in [1.807, 2.05) is 0 Å². The van der Waals surface area contributed by atoms with E-state index in [0.29, 0.717) is 0 Å². The molecule has 1 fully saturated rings. The van der Waals surface area contributed by atoms with Crippen LogP contribution in [0.3, 0.4) is 0 Å². The number of amides is 1. The van der Waals surface area contributed by atoms with Crippen molar-refractivity contribution in [3.05, 3.63) is 22.0 Å². The standard InChI is InChI=1S/C13H20N4O3/c1-16-12(11(9-14-16)17(19)20)13(18)15-10-7-5-3-2-4-6-8-10/h9-10H,2-8H2,1H3,(H,15,18). The number of carbonyl (C=O) groups excluding carboxylic acids is 1. The van der Waals surface area contributed by atoms with Gasteiger partial charge in [-0.2, -0.15) is 5.10 Å². The Morgan fingerprint density at radius 3 is 2.55 bits per heavy atom. The molecule has 7 heteroatoms. The van der Waals surface area contributed by atoms with Crippen molar-refractivity contribution < 1.29 is 9.72 Å². The second-order valence-corrected chi connectivity index (χ2v) is 5.27. The molecule has 110 valence electrons. The molecule has 1 aromatic rings. The minimum Gasteiger partial charge on any atom is -0.348 e. The molecule has 0 saturated heterocycles. The van der Waals surface area contributed by atoms with E-state index < -0.39 is 10.8 Å². The molecular weight excluding hydrogens is 260 g/mol. The molecule has 0 atom stereocenters. The third-order valence-corrected chi connectivity index (χ3v) is 3.77. The van der Waals surface area contributed by atoms with Crippen LogP contribution in [0.1, 0.15) is 55.4 Å². The molecule has 0 bridgehead atoms. The largest absolute Gasteiger partial charge is 0.348 e. The van der Waals surface area contributed by atoms with Gasteiger partial charge in [-0.1, -0.05) is 32.1 Å². The number of rotatable bonds is 3. The summed E-state index contributed by atoms with van der Waals surface area (Å²) in [5.41, 5.74) is -0.215. The van der Waals surface area contributed by atoms with Crippen LogP contribution in [0, 0.1) is 10.1 Å². The lowest BCUT2D eigenvalue weighted by Gasteiger charge is -2.20. The lowest BCUT2D eigenvalue weighted by molar-refractivity contribution is -0.385. The smallest absolute Gasteiger partial charge is 0.320 e. The zero-order chi connectivity index (χ0) is 14.5. The number of carbonyl (C=O) groups is 1. The topological polar surface area (TPSA) is 90.1 Å². The lowest BCUT2D eigenvalue weighted by atomic mass is 9.96. The molecule has 0 aromatic carbocycles. The zero-order valence-corrected chi connectivity index (χ0v) is 11.7. The van der Waals surface area contributed by atoms with Gasteiger partial charge in [0.25, 0.3) is 5.91 Å². The Balaban J connectivity index is 2.07. The van der Waals surface area contributed by atoms with Gasteiger partial charge in [-0.05, 0) is 12.8 Å². The summed E-state index contributed by atoms with van der Waals surface area (Å²) in [6, 6.07) is 0.109. The van der Waals surface area contributed by atoms with Crippen molar-refractivity contribution >= 4 is 11.6 Å². The van der Waals surface area contributed by atoms with E-state index in [0.717, 1.165) is 31.9 Å². The molecule has 20 heavy (non-hydrogen) atoms. The molecule has 1 saturated carbocycles. The second kappa shape index (κ2) is 6.49. The quantitative estimate of drug-likeness (QED) is 0.678. The maximum atomic E-state index is 12.2. The van der Waals surface area contributed by atoms with Crippen LogP contribution >= 0.6 is 0 Å². The van der Waals surface area contributed by atoms with Crippen LogP contribution in [-0.2, 0) is 7.05 Å². The first-order valence-corrected chi connectivity index (χ1v) is 7.07. The number of nitro groups is 1. The molecule has 0 aliphatic heterocycles. The summed E-state index contributed by atoms with van der Waals surface area (Å²) in [5, 5.41) is 17.6. The van der Waals surface area contributed by atoms with Gasteiger partial charge in [-0.3, -0.25) is 19.6 Å². The summed E-state index contributed by atoms with van der Waals surface area (Å²) in [6.07, 6.45) is 8.84. The van der Waals surface area contributed by atoms with E-state index in [1.165, 1.54) is 23.9 Å². The summed E-state index contributed by atoms with van der Waals surface area (Å²) in [4.78, 5) is 22.6. The van der Waals surface area contributed by atoms with Gasteiger partial charge < -0.3 is 5.32 Å². The normalized spacial score (nSPS) is 17.2. The van der Waals surface area contributed by atoms with Crippen LogP contribution in [0.5, 0.6) is 0 Å². The van der Waals surface area contributed by atoms with Gasteiger partial charge in [0.2, 0.25) is 5.69 Å². The Hall–Kier alpha value is -1.92. The number of aryl methyl sites for hydroxylation is 1. The second-order valence-electron chi connectivity index (χ2n) is 5.27. The third-order valence-electron chi connectivity index (χ3n) is 3.77. The van der Waals surface area contributed by atoms with Crippen molar-refractivity contribution in [2.45, 2.75) is 51.0 Å². The first-order chi connectivity index (χ1) is 9.59. The molecule has 2 rings (SSSR count). The highest BCUT2D eigenvalue weighted by atomic mass is 16.6. The van der Waals surface area contributed by atoms with Crippen LogP contribution in [0.25, 0.3) is 0 Å². The number of nitrogens with zero attached hydrogens (tertiary/aromatic N) is 3. The van der Waals surface area contributed by atoms with Crippen molar-refractivity contribution in [3.63, 3.8) is 0 Å². The molecule has 1 aliphatic rings. The highest BCUT2D eigenvalue weighted by molar-refractivity contribution is 5.96. The van der Waals surface area contributed by atoms with Gasteiger partial charge in [0.05, 0.1) is 4.92 Å². The number of hydrogen-bond acceptors (Lipinski definition) is 4. The van der Waals surface area contributed by atoms with Crippen LogP contribution in [0.2, 0.25) is 0 Å². The van der Waals surface area contributed by atoms with Crippen molar-refractivity contribution in [3.8, 4) is 0 Å². The van der Waals surface area contributed by atoms with E-state index >= 15 is 0 Å². The van der Waals surface area contributed by atoms with E-state index in [1.54, 1.807) is 7.05 Å². The maximum absolute atomic E-state index is 12.2. The van der Waals surface area contributed by atoms with Gasteiger partial charge in [0.1, 0.15) is 6.20 Å². The fraction of sp³-hybridized carbons (Fsp3) is 0.692. The predicted molar refractivity (Wildman–Crippen MR) is 73.4 cm³/mol. The Bertz CT molecular complexity index is 490. The third kappa shape index (κ3) is 3.34. The molecule has 1 heterocycles. The van der Waals surface area contributed by atoms with E-state index in [4.69, 9.17) is 0 Å². The Morgan fingerprint density at radius 2 is 1.95 bits per heavy atom. The first kappa shape index (κ1) is 14.5. The molecule has 1 N–H and O–H groups in total. The summed E-state index contributed by atoms with van der Waals surface area (Å²) < 4.78 is 1.26. The molecular formula is C13H20N4O3. The molecule has 1 aliphatic carbocycles. The van der Waals surface area contributed by atoms with Crippen molar-refractivity contribution in [1.29, 1.82) is 0 Å². The maximum Gasteiger partial charge on any atom is 0.320 e. The van der Waals surface area contributed by atoms with E-state index in [2.05, 4.69) is 10.4 Å². The van der Waals surface area contributed by atoms with Crippen LogP contribution < -0.4 is 5.32 Å². The van der Waals surface area contributed by atoms with Crippen molar-refractivity contribution in [2.75, 3.05) is 0 Å². The molecule has 0 spiro atoms. The minimum absolute atomic E-state index is 0.0251. The Labute approximate surface area is 117 Å². The van der Waals surface area contributed by atoms with E-state index in [9.17, 15) is 14.9 Å². The molecule has 1 amide bonds.